The first-order valence-electron chi connectivity index (χ1n) is 6.78. The highest BCUT2D eigenvalue weighted by molar-refractivity contribution is 7.89. The second kappa shape index (κ2) is 7.02. The van der Waals surface area contributed by atoms with Crippen molar-refractivity contribution < 1.29 is 8.42 Å². The molecule has 114 valence electrons. The molecule has 0 spiro atoms. The minimum Gasteiger partial charge on any atom is -0.369 e. The van der Waals surface area contributed by atoms with Crippen LogP contribution in [0.5, 0.6) is 0 Å². The molecule has 2 heterocycles. The molecule has 21 heavy (non-hydrogen) atoms. The molecule has 0 aliphatic heterocycles. The molecule has 0 fully saturated rings. The van der Waals surface area contributed by atoms with Crippen molar-refractivity contribution in [3.8, 4) is 0 Å². The summed E-state index contributed by atoms with van der Waals surface area (Å²) in [6.07, 6.45) is 2.48. The molecule has 0 bridgehead atoms. The summed E-state index contributed by atoms with van der Waals surface area (Å²) in [6.45, 7) is 4.52. The minimum atomic E-state index is -3.62. The Kier molecular flexibility index (Phi) is 5.33. The van der Waals surface area contributed by atoms with Crippen molar-refractivity contribution >= 4 is 27.2 Å². The van der Waals surface area contributed by atoms with Gasteiger partial charge in [-0.15, -0.1) is 0 Å². The number of hydrogen-bond acceptors (Lipinski definition) is 5. The Balaban J connectivity index is 2.23. The van der Waals surface area contributed by atoms with Crippen LogP contribution >= 0.6 is 11.3 Å². The van der Waals surface area contributed by atoms with E-state index in [1.54, 1.807) is 29.7 Å². The Morgan fingerprint density at radius 2 is 2.19 bits per heavy atom. The number of pyridine rings is 1. The average Bonchev–Trinajstić information content (AvgIpc) is 2.99. The van der Waals surface area contributed by atoms with Gasteiger partial charge in [0.15, 0.2) is 0 Å². The van der Waals surface area contributed by atoms with E-state index < -0.39 is 10.0 Å². The molecular formula is C14H19N3O2S2. The molecule has 0 saturated heterocycles. The summed E-state index contributed by atoms with van der Waals surface area (Å²) in [6, 6.07) is 4.83. The van der Waals surface area contributed by atoms with E-state index in [1.807, 2.05) is 30.7 Å². The second-order valence-corrected chi connectivity index (χ2v) is 7.14. The summed E-state index contributed by atoms with van der Waals surface area (Å²) < 4.78 is 27.8. The molecule has 0 saturated carbocycles. The molecule has 0 aromatic carbocycles. The van der Waals surface area contributed by atoms with E-state index in [4.69, 9.17) is 0 Å². The van der Waals surface area contributed by atoms with Crippen LogP contribution in [0.4, 0.5) is 5.82 Å². The molecule has 0 amide bonds. The molecule has 0 radical (unpaired) electrons. The summed E-state index contributed by atoms with van der Waals surface area (Å²) in [5, 5.41) is 6.92. The number of thiophene rings is 1. The second-order valence-electron chi connectivity index (χ2n) is 4.68. The summed E-state index contributed by atoms with van der Waals surface area (Å²) in [5.41, 5.74) is 0.954. The molecule has 2 aromatic heterocycles. The Morgan fingerprint density at radius 3 is 2.86 bits per heavy atom. The standard InChI is InChI=1S/C14H19N3O2S2/c1-3-7-15-14-13(5-4-8-16-14)21(18,19)17-11(2)12-6-9-20-10-12/h4-6,8-11,17H,3,7H2,1-2H3,(H,15,16). The van der Waals surface area contributed by atoms with Gasteiger partial charge in [-0.05, 0) is 47.9 Å². The molecule has 2 rings (SSSR count). The van der Waals surface area contributed by atoms with Gasteiger partial charge in [0.2, 0.25) is 10.0 Å². The van der Waals surface area contributed by atoms with Crippen LogP contribution in [0.1, 0.15) is 31.9 Å². The zero-order chi connectivity index (χ0) is 15.3. The van der Waals surface area contributed by atoms with Gasteiger partial charge in [0.1, 0.15) is 10.7 Å². The molecule has 2 aromatic rings. The normalized spacial score (nSPS) is 13.0. The van der Waals surface area contributed by atoms with Crippen LogP contribution in [0.3, 0.4) is 0 Å². The number of rotatable bonds is 7. The Bertz CT molecular complexity index is 669. The summed E-state index contributed by atoms with van der Waals surface area (Å²) in [7, 11) is -3.62. The number of anilines is 1. The first-order valence-corrected chi connectivity index (χ1v) is 9.20. The number of hydrogen-bond donors (Lipinski definition) is 2. The molecule has 0 aliphatic rings. The highest BCUT2D eigenvalue weighted by atomic mass is 32.2. The number of aromatic nitrogens is 1. The van der Waals surface area contributed by atoms with Gasteiger partial charge in [0.25, 0.3) is 0 Å². The van der Waals surface area contributed by atoms with Gasteiger partial charge in [-0.25, -0.2) is 18.1 Å². The molecule has 2 N–H and O–H groups in total. The third-order valence-electron chi connectivity index (χ3n) is 2.98. The Morgan fingerprint density at radius 1 is 1.38 bits per heavy atom. The molecule has 0 aliphatic carbocycles. The average molecular weight is 325 g/mol. The van der Waals surface area contributed by atoms with Gasteiger partial charge >= 0.3 is 0 Å². The van der Waals surface area contributed by atoms with E-state index in [1.165, 1.54) is 0 Å². The van der Waals surface area contributed by atoms with Crippen molar-refractivity contribution in [2.45, 2.75) is 31.2 Å². The molecule has 5 nitrogen and oxygen atoms in total. The van der Waals surface area contributed by atoms with Crippen LogP contribution in [0.2, 0.25) is 0 Å². The van der Waals surface area contributed by atoms with E-state index >= 15 is 0 Å². The summed E-state index contributed by atoms with van der Waals surface area (Å²) >= 11 is 1.54. The zero-order valence-electron chi connectivity index (χ0n) is 12.0. The Hall–Kier alpha value is -1.44. The first-order chi connectivity index (χ1) is 10.0. The number of nitrogens with one attached hydrogen (secondary N) is 2. The largest absolute Gasteiger partial charge is 0.369 e. The topological polar surface area (TPSA) is 71.1 Å². The van der Waals surface area contributed by atoms with Crippen molar-refractivity contribution in [2.24, 2.45) is 0 Å². The van der Waals surface area contributed by atoms with E-state index in [9.17, 15) is 8.42 Å². The summed E-state index contributed by atoms with van der Waals surface area (Å²) in [4.78, 5) is 4.31. The van der Waals surface area contributed by atoms with Crippen LogP contribution < -0.4 is 10.0 Å². The predicted molar refractivity (Wildman–Crippen MR) is 86.1 cm³/mol. The number of sulfonamides is 1. The lowest BCUT2D eigenvalue weighted by atomic mass is 10.2. The van der Waals surface area contributed by atoms with Crippen molar-refractivity contribution in [3.63, 3.8) is 0 Å². The smallest absolute Gasteiger partial charge is 0.244 e. The predicted octanol–water partition coefficient (Wildman–Crippen LogP) is 3.00. The van der Waals surface area contributed by atoms with E-state index in [2.05, 4.69) is 15.0 Å². The van der Waals surface area contributed by atoms with Crippen LogP contribution in [-0.2, 0) is 10.0 Å². The third-order valence-corrected chi connectivity index (χ3v) is 5.25. The van der Waals surface area contributed by atoms with Gasteiger partial charge in [0, 0.05) is 18.8 Å². The maximum absolute atomic E-state index is 12.5. The van der Waals surface area contributed by atoms with Crippen molar-refractivity contribution in [3.05, 3.63) is 40.7 Å². The van der Waals surface area contributed by atoms with Gasteiger partial charge in [0.05, 0.1) is 0 Å². The molecule has 1 atom stereocenters. The number of nitrogens with zero attached hydrogens (tertiary/aromatic N) is 1. The van der Waals surface area contributed by atoms with E-state index in [0.717, 1.165) is 12.0 Å². The van der Waals surface area contributed by atoms with Crippen molar-refractivity contribution in [1.29, 1.82) is 0 Å². The van der Waals surface area contributed by atoms with Crippen LogP contribution in [0.25, 0.3) is 0 Å². The monoisotopic (exact) mass is 325 g/mol. The fraction of sp³-hybridized carbons (Fsp3) is 0.357. The first kappa shape index (κ1) is 15.9. The van der Waals surface area contributed by atoms with Crippen molar-refractivity contribution in [2.75, 3.05) is 11.9 Å². The van der Waals surface area contributed by atoms with Crippen LogP contribution in [-0.4, -0.2) is 19.9 Å². The molecule has 7 heteroatoms. The molecule has 1 unspecified atom stereocenters. The maximum Gasteiger partial charge on any atom is 0.244 e. The summed E-state index contributed by atoms with van der Waals surface area (Å²) in [5.74, 6) is 0.393. The van der Waals surface area contributed by atoms with Gasteiger partial charge in [-0.3, -0.25) is 0 Å². The van der Waals surface area contributed by atoms with E-state index in [0.29, 0.717) is 12.4 Å². The quantitative estimate of drug-likeness (QED) is 0.821. The molecular weight excluding hydrogens is 306 g/mol. The lowest BCUT2D eigenvalue weighted by Crippen LogP contribution is -2.27. The van der Waals surface area contributed by atoms with Gasteiger partial charge in [-0.1, -0.05) is 6.92 Å². The maximum atomic E-state index is 12.5. The lowest BCUT2D eigenvalue weighted by molar-refractivity contribution is 0.567. The van der Waals surface area contributed by atoms with Crippen LogP contribution in [0.15, 0.2) is 40.1 Å². The SMILES string of the molecule is CCCNc1ncccc1S(=O)(=O)NC(C)c1ccsc1. The fourth-order valence-electron chi connectivity index (χ4n) is 1.87. The third kappa shape index (κ3) is 4.03. The van der Waals surface area contributed by atoms with E-state index in [-0.39, 0.29) is 10.9 Å². The highest BCUT2D eigenvalue weighted by Crippen LogP contribution is 2.22. The fourth-order valence-corrected chi connectivity index (χ4v) is 3.99. The minimum absolute atomic E-state index is 0.181. The lowest BCUT2D eigenvalue weighted by Gasteiger charge is -2.15. The highest BCUT2D eigenvalue weighted by Gasteiger charge is 2.22. The zero-order valence-corrected chi connectivity index (χ0v) is 13.7. The Labute approximate surface area is 129 Å². The van der Waals surface area contributed by atoms with Gasteiger partial charge < -0.3 is 5.32 Å². The van der Waals surface area contributed by atoms with Gasteiger partial charge in [-0.2, -0.15) is 11.3 Å². The van der Waals surface area contributed by atoms with Crippen molar-refractivity contribution in [1.82, 2.24) is 9.71 Å². The van der Waals surface area contributed by atoms with Crippen LogP contribution in [0, 0.1) is 0 Å².